The van der Waals surface area contributed by atoms with Crippen molar-refractivity contribution in [3.8, 4) is 0 Å². The number of nitrogens with one attached hydrogen (secondary N) is 1. The SMILES string of the molecule is CCCC(=O)C1(NC(C)(C)C)CS[C@H](O)N1N. The van der Waals surface area contributed by atoms with Gasteiger partial charge in [-0.05, 0) is 27.2 Å². The Balaban J connectivity index is 2.97. The molecule has 1 saturated heterocycles. The Hall–Kier alpha value is -0.140. The summed E-state index contributed by atoms with van der Waals surface area (Å²) in [6.45, 7) is 7.91. The number of hydrogen-bond acceptors (Lipinski definition) is 6. The topological polar surface area (TPSA) is 78.6 Å². The Kier molecular flexibility index (Phi) is 4.60. The summed E-state index contributed by atoms with van der Waals surface area (Å²) in [5.41, 5.74) is -2.02. The summed E-state index contributed by atoms with van der Waals surface area (Å²) in [5.74, 6) is 6.39. The van der Waals surface area contributed by atoms with E-state index in [2.05, 4.69) is 5.32 Å². The van der Waals surface area contributed by atoms with Crippen molar-refractivity contribution >= 4 is 17.5 Å². The summed E-state index contributed by atoms with van der Waals surface area (Å²) in [4.78, 5) is 12.3. The number of Topliss-reactive ketones (excluding diaryl/α,β-unsaturated/α-hetero) is 1. The monoisotopic (exact) mass is 261 g/mol. The number of aliphatic hydroxyl groups excluding tert-OH is 1. The molecule has 1 heterocycles. The molecule has 17 heavy (non-hydrogen) atoms. The third-order valence-corrected chi connectivity index (χ3v) is 3.75. The highest BCUT2D eigenvalue weighted by atomic mass is 32.2. The third-order valence-electron chi connectivity index (χ3n) is 2.64. The van der Waals surface area contributed by atoms with Gasteiger partial charge in [0.15, 0.2) is 17.0 Å². The van der Waals surface area contributed by atoms with E-state index in [0.717, 1.165) is 6.42 Å². The summed E-state index contributed by atoms with van der Waals surface area (Å²) in [6.07, 6.45) is 1.24. The van der Waals surface area contributed by atoms with Gasteiger partial charge in [-0.2, -0.15) is 5.01 Å². The molecule has 0 bridgehead atoms. The van der Waals surface area contributed by atoms with Crippen molar-refractivity contribution in [1.29, 1.82) is 0 Å². The van der Waals surface area contributed by atoms with Crippen molar-refractivity contribution < 1.29 is 9.90 Å². The molecule has 0 amide bonds. The maximum Gasteiger partial charge on any atom is 0.170 e. The number of nitrogens with two attached hydrogens (primary N) is 1. The smallest absolute Gasteiger partial charge is 0.170 e. The second-order valence-electron chi connectivity index (χ2n) is 5.45. The van der Waals surface area contributed by atoms with Gasteiger partial charge in [0.2, 0.25) is 0 Å². The Bertz CT molecular complexity index is 293. The number of hydrogen-bond donors (Lipinski definition) is 3. The first-order chi connectivity index (χ1) is 7.73. The Morgan fingerprint density at radius 1 is 1.65 bits per heavy atom. The van der Waals surface area contributed by atoms with E-state index in [9.17, 15) is 9.90 Å². The number of nitrogens with zero attached hydrogens (tertiary/aromatic N) is 1. The van der Waals surface area contributed by atoms with Crippen LogP contribution in [0.3, 0.4) is 0 Å². The van der Waals surface area contributed by atoms with Gasteiger partial charge in [0.1, 0.15) is 0 Å². The molecule has 0 aromatic heterocycles. The first-order valence-corrected chi connectivity index (χ1v) is 6.94. The van der Waals surface area contributed by atoms with Crippen LogP contribution < -0.4 is 11.2 Å². The quantitative estimate of drug-likeness (QED) is 0.645. The van der Waals surface area contributed by atoms with Crippen molar-refractivity contribution in [2.45, 2.75) is 57.3 Å². The van der Waals surface area contributed by atoms with Gasteiger partial charge < -0.3 is 5.11 Å². The maximum atomic E-state index is 12.3. The van der Waals surface area contributed by atoms with Gasteiger partial charge in [0.25, 0.3) is 0 Å². The molecule has 1 aliphatic heterocycles. The zero-order chi connectivity index (χ0) is 13.3. The number of ketones is 1. The van der Waals surface area contributed by atoms with Gasteiger partial charge in [-0.1, -0.05) is 6.92 Å². The Labute approximate surface area is 107 Å². The molecule has 2 atom stereocenters. The van der Waals surface area contributed by atoms with Crippen LogP contribution in [0.2, 0.25) is 0 Å². The van der Waals surface area contributed by atoms with E-state index in [0.29, 0.717) is 12.2 Å². The number of aliphatic hydroxyl groups is 1. The zero-order valence-electron chi connectivity index (χ0n) is 11.0. The molecule has 0 aliphatic carbocycles. The van der Waals surface area contributed by atoms with Crippen molar-refractivity contribution in [1.82, 2.24) is 10.3 Å². The minimum atomic E-state index is -0.946. The average molecular weight is 261 g/mol. The summed E-state index contributed by atoms with van der Waals surface area (Å²) < 4.78 is 0. The van der Waals surface area contributed by atoms with Gasteiger partial charge in [-0.3, -0.25) is 16.0 Å². The van der Waals surface area contributed by atoms with Crippen LogP contribution in [0.4, 0.5) is 0 Å². The van der Waals surface area contributed by atoms with Gasteiger partial charge in [0.05, 0.1) is 0 Å². The molecule has 0 saturated carbocycles. The summed E-state index contributed by atoms with van der Waals surface area (Å²) in [5, 5.41) is 14.2. The van der Waals surface area contributed by atoms with Crippen molar-refractivity contribution in [3.63, 3.8) is 0 Å². The summed E-state index contributed by atoms with van der Waals surface area (Å²) in [7, 11) is 0. The number of carbonyl (C=O) groups excluding carboxylic acids is 1. The van der Waals surface area contributed by atoms with E-state index >= 15 is 0 Å². The van der Waals surface area contributed by atoms with Crippen LogP contribution in [0.1, 0.15) is 40.5 Å². The molecule has 1 fully saturated rings. The number of carbonyl (C=O) groups is 1. The van der Waals surface area contributed by atoms with Crippen molar-refractivity contribution in [2.75, 3.05) is 5.75 Å². The van der Waals surface area contributed by atoms with Crippen LogP contribution in [-0.2, 0) is 4.79 Å². The fraction of sp³-hybridized carbons (Fsp3) is 0.909. The van der Waals surface area contributed by atoms with Gasteiger partial charge in [0, 0.05) is 17.7 Å². The lowest BCUT2D eigenvalue weighted by Crippen LogP contribution is -2.70. The zero-order valence-corrected chi connectivity index (χ0v) is 11.8. The molecule has 1 aliphatic rings. The van der Waals surface area contributed by atoms with Crippen LogP contribution in [0, 0.1) is 0 Å². The minimum Gasteiger partial charge on any atom is -0.368 e. The number of thioether (sulfide) groups is 1. The van der Waals surface area contributed by atoms with Crippen LogP contribution in [0.25, 0.3) is 0 Å². The molecule has 1 unspecified atom stereocenters. The minimum absolute atomic E-state index is 0.0430. The lowest BCUT2D eigenvalue weighted by Gasteiger charge is -2.40. The van der Waals surface area contributed by atoms with Crippen LogP contribution >= 0.6 is 11.8 Å². The highest BCUT2D eigenvalue weighted by molar-refractivity contribution is 8.00. The van der Waals surface area contributed by atoms with Crippen molar-refractivity contribution in [3.05, 3.63) is 0 Å². The number of hydrazine groups is 1. The van der Waals surface area contributed by atoms with E-state index in [1.807, 2.05) is 27.7 Å². The Morgan fingerprint density at radius 3 is 2.59 bits per heavy atom. The van der Waals surface area contributed by atoms with Crippen LogP contribution in [0.5, 0.6) is 0 Å². The lowest BCUT2D eigenvalue weighted by molar-refractivity contribution is -0.137. The molecule has 1 rings (SSSR count). The second kappa shape index (κ2) is 5.24. The van der Waals surface area contributed by atoms with E-state index < -0.39 is 11.2 Å². The molecule has 6 heteroatoms. The molecule has 0 aromatic carbocycles. The highest BCUT2D eigenvalue weighted by Crippen LogP contribution is 2.34. The molecule has 5 nitrogen and oxygen atoms in total. The largest absolute Gasteiger partial charge is 0.368 e. The molecule has 4 N–H and O–H groups in total. The molecule has 100 valence electrons. The van der Waals surface area contributed by atoms with Crippen LogP contribution in [-0.4, -0.2) is 38.4 Å². The second-order valence-corrected chi connectivity index (χ2v) is 6.50. The predicted octanol–water partition coefficient (Wildman–Crippen LogP) is 0.638. The summed E-state index contributed by atoms with van der Waals surface area (Å²) >= 11 is 1.28. The molecular formula is C11H23N3O2S. The fourth-order valence-electron chi connectivity index (χ4n) is 1.99. The van der Waals surface area contributed by atoms with Gasteiger partial charge >= 0.3 is 0 Å². The number of rotatable bonds is 4. The highest BCUT2D eigenvalue weighted by Gasteiger charge is 2.51. The predicted molar refractivity (Wildman–Crippen MR) is 70.0 cm³/mol. The van der Waals surface area contributed by atoms with E-state index in [1.165, 1.54) is 16.8 Å². The summed E-state index contributed by atoms with van der Waals surface area (Å²) in [6, 6.07) is 0. The third kappa shape index (κ3) is 3.20. The van der Waals surface area contributed by atoms with Gasteiger partial charge in [-0.15, -0.1) is 11.8 Å². The molecular weight excluding hydrogens is 238 g/mol. The van der Waals surface area contributed by atoms with Crippen LogP contribution in [0.15, 0.2) is 0 Å². The average Bonchev–Trinajstić information content (AvgIpc) is 2.46. The first kappa shape index (κ1) is 14.9. The molecule has 0 aromatic rings. The Morgan fingerprint density at radius 2 is 2.24 bits per heavy atom. The van der Waals surface area contributed by atoms with Crippen molar-refractivity contribution in [2.24, 2.45) is 5.84 Å². The fourth-order valence-corrected chi connectivity index (χ4v) is 3.10. The molecule has 0 spiro atoms. The normalized spacial score (nSPS) is 30.8. The van der Waals surface area contributed by atoms with E-state index in [4.69, 9.17) is 5.84 Å². The maximum absolute atomic E-state index is 12.3. The first-order valence-electron chi connectivity index (χ1n) is 5.89. The van der Waals surface area contributed by atoms with E-state index in [1.54, 1.807) is 0 Å². The lowest BCUT2D eigenvalue weighted by atomic mass is 9.97. The molecule has 0 radical (unpaired) electrons. The van der Waals surface area contributed by atoms with Gasteiger partial charge in [-0.25, -0.2) is 0 Å². The standard InChI is InChI=1S/C11H23N3O2S/c1-5-6-8(15)11(13-10(2,3)4)7-17-9(16)14(11)12/h9,13,16H,5-7,12H2,1-4H3/t9-,11?/m0/s1. The van der Waals surface area contributed by atoms with E-state index in [-0.39, 0.29) is 11.3 Å².